The molecular weight excluding hydrogens is 248 g/mol. The number of nitrogens with one attached hydrogen (secondary N) is 1. The van der Waals surface area contributed by atoms with E-state index in [1.807, 2.05) is 0 Å². The van der Waals surface area contributed by atoms with Crippen molar-refractivity contribution >= 4 is 23.2 Å². The Labute approximate surface area is 114 Å². The zero-order valence-electron chi connectivity index (χ0n) is 11.0. The highest BCUT2D eigenvalue weighted by atomic mass is 35.5. The van der Waals surface area contributed by atoms with Crippen molar-refractivity contribution < 1.29 is 4.79 Å². The molecule has 18 heavy (non-hydrogen) atoms. The smallest absolute Gasteiger partial charge is 0.252 e. The number of nitrogen functional groups attached to an aromatic ring is 1. The lowest BCUT2D eigenvalue weighted by Crippen LogP contribution is -2.24. The van der Waals surface area contributed by atoms with E-state index in [4.69, 9.17) is 17.3 Å². The van der Waals surface area contributed by atoms with Gasteiger partial charge in [0.05, 0.1) is 10.6 Å². The molecule has 1 aromatic rings. The minimum absolute atomic E-state index is 0.135. The molecule has 0 aliphatic heterocycles. The zero-order chi connectivity index (χ0) is 13.5. The molecule has 0 unspecified atom stereocenters. The fourth-order valence-corrected chi connectivity index (χ4v) is 1.97. The van der Waals surface area contributed by atoms with Gasteiger partial charge in [0, 0.05) is 12.2 Å². The van der Waals surface area contributed by atoms with Crippen LogP contribution in [0.25, 0.3) is 0 Å². The van der Waals surface area contributed by atoms with Gasteiger partial charge in [-0.1, -0.05) is 38.3 Å². The Hall–Kier alpha value is -1.22. The maximum Gasteiger partial charge on any atom is 0.252 e. The summed E-state index contributed by atoms with van der Waals surface area (Å²) in [4.78, 5) is 11.8. The van der Waals surface area contributed by atoms with E-state index in [2.05, 4.69) is 19.2 Å². The first-order chi connectivity index (χ1) is 8.50. The van der Waals surface area contributed by atoms with E-state index < -0.39 is 0 Å². The molecule has 0 radical (unpaired) electrons. The van der Waals surface area contributed by atoms with Crippen LogP contribution in [0.4, 0.5) is 5.69 Å². The van der Waals surface area contributed by atoms with Crippen LogP contribution >= 0.6 is 11.6 Å². The molecule has 0 aliphatic carbocycles. The molecule has 0 heterocycles. The molecule has 0 saturated heterocycles. The number of carbonyl (C=O) groups is 1. The summed E-state index contributed by atoms with van der Waals surface area (Å²) in [5.74, 6) is 0.580. The highest BCUT2D eigenvalue weighted by molar-refractivity contribution is 6.34. The van der Waals surface area contributed by atoms with Crippen LogP contribution in [0.2, 0.25) is 5.02 Å². The van der Waals surface area contributed by atoms with E-state index >= 15 is 0 Å². The monoisotopic (exact) mass is 268 g/mol. The number of nitrogens with two attached hydrogens (primary N) is 1. The minimum atomic E-state index is -0.135. The van der Waals surface area contributed by atoms with Crippen LogP contribution in [0.5, 0.6) is 0 Å². The molecule has 3 N–H and O–H groups in total. The highest BCUT2D eigenvalue weighted by Crippen LogP contribution is 2.18. The van der Waals surface area contributed by atoms with Crippen molar-refractivity contribution in [2.24, 2.45) is 5.92 Å². The van der Waals surface area contributed by atoms with Gasteiger partial charge in [-0.25, -0.2) is 0 Å². The maximum atomic E-state index is 11.8. The summed E-state index contributed by atoms with van der Waals surface area (Å²) < 4.78 is 0. The summed E-state index contributed by atoms with van der Waals surface area (Å²) in [6.45, 7) is 5.09. The van der Waals surface area contributed by atoms with Gasteiger partial charge in [-0.05, 0) is 30.5 Å². The minimum Gasteiger partial charge on any atom is -0.399 e. The van der Waals surface area contributed by atoms with Crippen LogP contribution in [0.15, 0.2) is 18.2 Å². The lowest BCUT2D eigenvalue weighted by Gasteiger charge is -2.08. The number of benzene rings is 1. The van der Waals surface area contributed by atoms with Crippen molar-refractivity contribution in [1.29, 1.82) is 0 Å². The molecule has 0 aliphatic rings. The average Bonchev–Trinajstić information content (AvgIpc) is 2.27. The maximum absolute atomic E-state index is 11.8. The van der Waals surface area contributed by atoms with Crippen molar-refractivity contribution in [2.45, 2.75) is 33.1 Å². The molecule has 1 amide bonds. The second-order valence-electron chi connectivity index (χ2n) is 4.88. The number of anilines is 1. The van der Waals surface area contributed by atoms with E-state index in [0.29, 0.717) is 28.7 Å². The van der Waals surface area contributed by atoms with Crippen LogP contribution < -0.4 is 11.1 Å². The molecular formula is C14H21ClN2O. The standard InChI is InChI=1S/C14H21ClN2O/c1-10(2)5-3-4-8-17-14(18)12-7-6-11(16)9-13(12)15/h6-7,9-10H,3-5,8,16H2,1-2H3,(H,17,18). The van der Waals surface area contributed by atoms with Gasteiger partial charge in [0.25, 0.3) is 5.91 Å². The number of rotatable bonds is 6. The second-order valence-corrected chi connectivity index (χ2v) is 5.29. The fourth-order valence-electron chi connectivity index (χ4n) is 1.69. The Kier molecular flexibility index (Phi) is 5.99. The molecule has 100 valence electrons. The lowest BCUT2D eigenvalue weighted by molar-refractivity contribution is 0.0953. The number of amides is 1. The SMILES string of the molecule is CC(C)CCCCNC(=O)c1ccc(N)cc1Cl. The molecule has 1 rings (SSSR count). The normalized spacial score (nSPS) is 10.7. The summed E-state index contributed by atoms with van der Waals surface area (Å²) in [5, 5.41) is 3.27. The molecule has 0 aromatic heterocycles. The van der Waals surface area contributed by atoms with Gasteiger partial charge < -0.3 is 11.1 Å². The molecule has 3 nitrogen and oxygen atoms in total. The van der Waals surface area contributed by atoms with Crippen molar-refractivity contribution in [1.82, 2.24) is 5.32 Å². The molecule has 0 spiro atoms. The summed E-state index contributed by atoms with van der Waals surface area (Å²) in [5.41, 5.74) is 6.62. The molecule has 1 aromatic carbocycles. The van der Waals surface area contributed by atoms with Crippen LogP contribution in [-0.2, 0) is 0 Å². The predicted molar refractivity (Wildman–Crippen MR) is 76.9 cm³/mol. The van der Waals surface area contributed by atoms with Gasteiger partial charge in [-0.15, -0.1) is 0 Å². The van der Waals surface area contributed by atoms with E-state index in [1.165, 1.54) is 6.42 Å². The number of unbranched alkanes of at least 4 members (excludes halogenated alkanes) is 1. The predicted octanol–water partition coefficient (Wildman–Crippen LogP) is 3.48. The second kappa shape index (κ2) is 7.27. The Bertz CT molecular complexity index is 405. The summed E-state index contributed by atoms with van der Waals surface area (Å²) >= 11 is 5.97. The number of hydrogen-bond donors (Lipinski definition) is 2. The van der Waals surface area contributed by atoms with Gasteiger partial charge in [0.2, 0.25) is 0 Å². The van der Waals surface area contributed by atoms with Crippen molar-refractivity contribution in [3.8, 4) is 0 Å². The summed E-state index contributed by atoms with van der Waals surface area (Å²) in [6.07, 6.45) is 3.32. The summed E-state index contributed by atoms with van der Waals surface area (Å²) in [7, 11) is 0. The molecule has 4 heteroatoms. The Morgan fingerprint density at radius 3 is 2.72 bits per heavy atom. The first kappa shape index (κ1) is 14.8. The fraction of sp³-hybridized carbons (Fsp3) is 0.500. The van der Waals surface area contributed by atoms with Gasteiger partial charge in [0.15, 0.2) is 0 Å². The third kappa shape index (κ3) is 4.96. The molecule has 0 atom stereocenters. The van der Waals surface area contributed by atoms with E-state index in [0.717, 1.165) is 12.8 Å². The van der Waals surface area contributed by atoms with Gasteiger partial charge in [0.1, 0.15) is 0 Å². The van der Waals surface area contributed by atoms with Gasteiger partial charge in [-0.2, -0.15) is 0 Å². The first-order valence-electron chi connectivity index (χ1n) is 6.34. The topological polar surface area (TPSA) is 55.1 Å². The number of halogens is 1. The Morgan fingerprint density at radius 2 is 2.11 bits per heavy atom. The summed E-state index contributed by atoms with van der Waals surface area (Å²) in [6, 6.07) is 4.93. The Balaban J connectivity index is 2.36. The average molecular weight is 269 g/mol. The highest BCUT2D eigenvalue weighted by Gasteiger charge is 2.09. The van der Waals surface area contributed by atoms with Crippen LogP contribution in [0, 0.1) is 5.92 Å². The van der Waals surface area contributed by atoms with Crippen LogP contribution in [0.1, 0.15) is 43.5 Å². The Morgan fingerprint density at radius 1 is 1.39 bits per heavy atom. The van der Waals surface area contributed by atoms with Crippen LogP contribution in [-0.4, -0.2) is 12.5 Å². The van der Waals surface area contributed by atoms with Gasteiger partial charge in [-0.3, -0.25) is 4.79 Å². The van der Waals surface area contributed by atoms with Crippen molar-refractivity contribution in [2.75, 3.05) is 12.3 Å². The van der Waals surface area contributed by atoms with E-state index in [9.17, 15) is 4.79 Å². The van der Waals surface area contributed by atoms with Gasteiger partial charge >= 0.3 is 0 Å². The largest absolute Gasteiger partial charge is 0.399 e. The third-order valence-electron chi connectivity index (χ3n) is 2.73. The van der Waals surface area contributed by atoms with E-state index in [-0.39, 0.29) is 5.91 Å². The van der Waals surface area contributed by atoms with Crippen LogP contribution in [0.3, 0.4) is 0 Å². The van der Waals surface area contributed by atoms with Crippen molar-refractivity contribution in [3.63, 3.8) is 0 Å². The quantitative estimate of drug-likeness (QED) is 0.613. The number of carbonyl (C=O) groups excluding carboxylic acids is 1. The lowest BCUT2D eigenvalue weighted by atomic mass is 10.1. The molecule has 0 saturated carbocycles. The zero-order valence-corrected chi connectivity index (χ0v) is 11.8. The number of hydrogen-bond acceptors (Lipinski definition) is 2. The molecule has 0 bridgehead atoms. The van der Waals surface area contributed by atoms with Crippen molar-refractivity contribution in [3.05, 3.63) is 28.8 Å². The van der Waals surface area contributed by atoms with E-state index in [1.54, 1.807) is 18.2 Å². The third-order valence-corrected chi connectivity index (χ3v) is 3.04. The first-order valence-corrected chi connectivity index (χ1v) is 6.71. The molecule has 0 fully saturated rings.